The minimum atomic E-state index is -3.44. The molecule has 0 aliphatic rings. The Kier molecular flexibility index (Phi) is 5.49. The molecule has 6 heteroatoms. The van der Waals surface area contributed by atoms with Gasteiger partial charge in [-0.2, -0.15) is 17.0 Å². The van der Waals surface area contributed by atoms with Crippen LogP contribution in [0.25, 0.3) is 0 Å². The molecule has 0 atom stereocenters. The van der Waals surface area contributed by atoms with Crippen LogP contribution in [0.5, 0.6) is 0 Å². The zero-order chi connectivity index (χ0) is 14.6. The zero-order valence-electron chi connectivity index (χ0n) is 12.0. The van der Waals surface area contributed by atoms with Crippen molar-refractivity contribution in [3.8, 4) is 0 Å². The van der Waals surface area contributed by atoms with Crippen LogP contribution in [0.2, 0.25) is 0 Å². The van der Waals surface area contributed by atoms with E-state index < -0.39 is 10.2 Å². The van der Waals surface area contributed by atoms with Gasteiger partial charge in [0.2, 0.25) is 0 Å². The van der Waals surface area contributed by atoms with Crippen molar-refractivity contribution in [1.29, 1.82) is 0 Å². The van der Waals surface area contributed by atoms with Crippen LogP contribution in [0.3, 0.4) is 0 Å². The molecule has 0 saturated carbocycles. The van der Waals surface area contributed by atoms with Crippen LogP contribution in [-0.2, 0) is 23.3 Å². The summed E-state index contributed by atoms with van der Waals surface area (Å²) in [4.78, 5) is 0. The topological polar surface area (TPSA) is 66.6 Å². The summed E-state index contributed by atoms with van der Waals surface area (Å²) >= 11 is 0. The van der Waals surface area contributed by atoms with E-state index in [1.807, 2.05) is 38.1 Å². The van der Waals surface area contributed by atoms with Crippen LogP contribution in [0.4, 0.5) is 0 Å². The fourth-order valence-corrected chi connectivity index (χ4v) is 2.99. The van der Waals surface area contributed by atoms with Crippen molar-refractivity contribution in [2.45, 2.75) is 33.0 Å². The van der Waals surface area contributed by atoms with Gasteiger partial charge in [-0.15, -0.1) is 0 Å². The van der Waals surface area contributed by atoms with Gasteiger partial charge in [0, 0.05) is 33.2 Å². The van der Waals surface area contributed by atoms with E-state index in [-0.39, 0.29) is 6.04 Å². The van der Waals surface area contributed by atoms with Gasteiger partial charge in [-0.05, 0) is 25.0 Å². The molecule has 0 amide bonds. The molecule has 2 N–H and O–H groups in total. The summed E-state index contributed by atoms with van der Waals surface area (Å²) in [5.41, 5.74) is 7.57. The van der Waals surface area contributed by atoms with Gasteiger partial charge in [-0.3, -0.25) is 0 Å². The lowest BCUT2D eigenvalue weighted by Crippen LogP contribution is -2.42. The molecule has 0 heterocycles. The molecule has 19 heavy (non-hydrogen) atoms. The van der Waals surface area contributed by atoms with E-state index in [0.29, 0.717) is 13.1 Å². The van der Waals surface area contributed by atoms with Crippen molar-refractivity contribution in [2.24, 2.45) is 5.73 Å². The maximum absolute atomic E-state index is 12.3. The lowest BCUT2D eigenvalue weighted by Gasteiger charge is -2.27. The van der Waals surface area contributed by atoms with Crippen LogP contribution in [0, 0.1) is 0 Å². The fourth-order valence-electron chi connectivity index (χ4n) is 1.72. The van der Waals surface area contributed by atoms with Crippen molar-refractivity contribution in [2.75, 3.05) is 14.1 Å². The van der Waals surface area contributed by atoms with Crippen LogP contribution < -0.4 is 5.73 Å². The van der Waals surface area contributed by atoms with Gasteiger partial charge in [-0.25, -0.2) is 0 Å². The third kappa shape index (κ3) is 3.76. The monoisotopic (exact) mass is 285 g/mol. The maximum atomic E-state index is 12.3. The SMILES string of the molecule is CC(C)N(C)S(=O)(=O)N(C)Cc1ccccc1CN. The third-order valence-electron chi connectivity index (χ3n) is 3.22. The molecule has 0 bridgehead atoms. The summed E-state index contributed by atoms with van der Waals surface area (Å²) in [6.45, 7) is 4.43. The van der Waals surface area contributed by atoms with Crippen molar-refractivity contribution in [3.05, 3.63) is 35.4 Å². The van der Waals surface area contributed by atoms with Crippen molar-refractivity contribution in [1.82, 2.24) is 8.61 Å². The lowest BCUT2D eigenvalue weighted by molar-refractivity contribution is 0.355. The van der Waals surface area contributed by atoms with Gasteiger partial charge >= 0.3 is 0 Å². The van der Waals surface area contributed by atoms with E-state index in [0.717, 1.165) is 11.1 Å². The van der Waals surface area contributed by atoms with Gasteiger partial charge in [-0.1, -0.05) is 24.3 Å². The molecule has 0 unspecified atom stereocenters. The van der Waals surface area contributed by atoms with Crippen molar-refractivity contribution in [3.63, 3.8) is 0 Å². The summed E-state index contributed by atoms with van der Waals surface area (Å²) in [7, 11) is -0.262. The maximum Gasteiger partial charge on any atom is 0.282 e. The first-order valence-corrected chi connectivity index (χ1v) is 7.66. The predicted octanol–water partition coefficient (Wildman–Crippen LogP) is 1.16. The molecule has 1 aromatic rings. The Bertz CT molecular complexity index is 514. The highest BCUT2D eigenvalue weighted by Crippen LogP contribution is 2.15. The number of nitrogens with zero attached hydrogens (tertiary/aromatic N) is 2. The number of hydrogen-bond acceptors (Lipinski definition) is 3. The minimum Gasteiger partial charge on any atom is -0.326 e. The first kappa shape index (κ1) is 16.1. The largest absolute Gasteiger partial charge is 0.326 e. The lowest BCUT2D eigenvalue weighted by atomic mass is 10.1. The van der Waals surface area contributed by atoms with Gasteiger partial charge in [0.05, 0.1) is 0 Å². The molecule has 0 aromatic heterocycles. The minimum absolute atomic E-state index is 0.0720. The van der Waals surface area contributed by atoms with E-state index in [9.17, 15) is 8.42 Å². The van der Waals surface area contributed by atoms with Crippen LogP contribution >= 0.6 is 0 Å². The van der Waals surface area contributed by atoms with Gasteiger partial charge in [0.25, 0.3) is 10.2 Å². The summed E-state index contributed by atoms with van der Waals surface area (Å²) in [5, 5.41) is 0. The Balaban J connectivity index is 2.93. The highest BCUT2D eigenvalue weighted by Gasteiger charge is 2.25. The molecular formula is C13H23N3O2S. The van der Waals surface area contributed by atoms with Crippen LogP contribution in [0.15, 0.2) is 24.3 Å². The molecule has 1 rings (SSSR count). The van der Waals surface area contributed by atoms with Gasteiger partial charge in [0.15, 0.2) is 0 Å². The zero-order valence-corrected chi connectivity index (χ0v) is 12.8. The summed E-state index contributed by atoms with van der Waals surface area (Å²) in [6.07, 6.45) is 0. The second-order valence-corrected chi connectivity index (χ2v) is 6.94. The fraction of sp³-hybridized carbons (Fsp3) is 0.538. The molecule has 1 aromatic carbocycles. The molecule has 0 aliphatic carbocycles. The Morgan fingerprint density at radius 3 is 2.16 bits per heavy atom. The van der Waals surface area contributed by atoms with E-state index in [1.165, 1.54) is 8.61 Å². The normalized spacial score (nSPS) is 12.6. The van der Waals surface area contributed by atoms with Crippen molar-refractivity contribution >= 4 is 10.2 Å². The number of hydrogen-bond donors (Lipinski definition) is 1. The highest BCUT2D eigenvalue weighted by atomic mass is 32.2. The second-order valence-electron chi connectivity index (χ2n) is 4.85. The summed E-state index contributed by atoms with van der Waals surface area (Å²) < 4.78 is 27.3. The second kappa shape index (κ2) is 6.47. The summed E-state index contributed by atoms with van der Waals surface area (Å²) in [6, 6.07) is 7.55. The smallest absolute Gasteiger partial charge is 0.282 e. The predicted molar refractivity (Wildman–Crippen MR) is 77.6 cm³/mol. The van der Waals surface area contributed by atoms with E-state index in [4.69, 9.17) is 5.73 Å². The number of nitrogens with two attached hydrogens (primary N) is 1. The third-order valence-corrected chi connectivity index (χ3v) is 5.28. The Morgan fingerprint density at radius 2 is 1.68 bits per heavy atom. The Morgan fingerprint density at radius 1 is 1.16 bits per heavy atom. The number of benzene rings is 1. The first-order chi connectivity index (χ1) is 8.80. The van der Waals surface area contributed by atoms with Gasteiger partial charge < -0.3 is 5.73 Å². The average Bonchev–Trinajstić information content (AvgIpc) is 2.38. The van der Waals surface area contributed by atoms with E-state index in [2.05, 4.69) is 0 Å². The highest BCUT2D eigenvalue weighted by molar-refractivity contribution is 7.86. The van der Waals surface area contributed by atoms with E-state index in [1.54, 1.807) is 14.1 Å². The van der Waals surface area contributed by atoms with Gasteiger partial charge in [0.1, 0.15) is 0 Å². The Hall–Kier alpha value is -0.950. The molecule has 0 radical (unpaired) electrons. The molecule has 0 fully saturated rings. The summed E-state index contributed by atoms with van der Waals surface area (Å²) in [5.74, 6) is 0. The molecular weight excluding hydrogens is 262 g/mol. The van der Waals surface area contributed by atoms with Crippen LogP contribution in [0.1, 0.15) is 25.0 Å². The standard InChI is InChI=1S/C13H23N3O2S/c1-11(2)16(4)19(17,18)15(3)10-13-8-6-5-7-12(13)9-14/h5-8,11H,9-10,14H2,1-4H3. The molecule has 5 nitrogen and oxygen atoms in total. The molecule has 0 aliphatic heterocycles. The first-order valence-electron chi connectivity index (χ1n) is 6.26. The van der Waals surface area contributed by atoms with Crippen LogP contribution in [-0.4, -0.2) is 37.2 Å². The molecule has 0 saturated heterocycles. The molecule has 0 spiro atoms. The number of rotatable bonds is 6. The quantitative estimate of drug-likeness (QED) is 0.853. The van der Waals surface area contributed by atoms with E-state index >= 15 is 0 Å². The van der Waals surface area contributed by atoms with Crippen molar-refractivity contribution < 1.29 is 8.42 Å². The average molecular weight is 285 g/mol. The molecule has 108 valence electrons. The Labute approximate surface area is 116 Å².